The number of carbonyl (C=O) groups is 2. The van der Waals surface area contributed by atoms with Crippen LogP contribution in [0.25, 0.3) is 0 Å². The van der Waals surface area contributed by atoms with Crippen molar-refractivity contribution in [1.82, 2.24) is 10.2 Å². The van der Waals surface area contributed by atoms with Crippen LogP contribution in [0.4, 0.5) is 5.69 Å². The van der Waals surface area contributed by atoms with Gasteiger partial charge in [0.15, 0.2) is 0 Å². The van der Waals surface area contributed by atoms with Crippen LogP contribution in [0.15, 0.2) is 71.6 Å². The maximum absolute atomic E-state index is 13.9. The number of aryl methyl sites for hydroxylation is 1. The van der Waals surface area contributed by atoms with Crippen LogP contribution in [0.3, 0.4) is 0 Å². The van der Waals surface area contributed by atoms with E-state index in [2.05, 4.69) is 5.32 Å². The number of benzene rings is 3. The molecule has 0 unspecified atom stereocenters. The Morgan fingerprint density at radius 3 is 2.08 bits per heavy atom. The van der Waals surface area contributed by atoms with E-state index in [1.165, 1.54) is 17.0 Å². The molecule has 0 spiro atoms. The summed E-state index contributed by atoms with van der Waals surface area (Å²) in [6.07, 6.45) is 0. The van der Waals surface area contributed by atoms with Crippen molar-refractivity contribution < 1.29 is 18.0 Å². The van der Waals surface area contributed by atoms with Gasteiger partial charge in [0.05, 0.1) is 20.6 Å². The number of halogens is 2. The highest BCUT2D eigenvalue weighted by molar-refractivity contribution is 7.92. The molecule has 0 bridgehead atoms. The molecule has 0 aliphatic heterocycles. The molecule has 0 fully saturated rings. The van der Waals surface area contributed by atoms with Gasteiger partial charge in [-0.15, -0.1) is 0 Å². The molecule has 7 nitrogen and oxygen atoms in total. The summed E-state index contributed by atoms with van der Waals surface area (Å²) < 4.78 is 28.9. The summed E-state index contributed by atoms with van der Waals surface area (Å²) >= 11 is 12.3. The third kappa shape index (κ3) is 7.56. The van der Waals surface area contributed by atoms with Gasteiger partial charge in [0.1, 0.15) is 12.6 Å². The number of hydrogen-bond acceptors (Lipinski definition) is 4. The molecule has 3 rings (SSSR count). The lowest BCUT2D eigenvalue weighted by Gasteiger charge is -2.32. The molecule has 1 N–H and O–H groups in total. The fourth-order valence-electron chi connectivity index (χ4n) is 4.13. The highest BCUT2D eigenvalue weighted by atomic mass is 35.5. The number of anilines is 1. The Hall–Kier alpha value is -3.07. The van der Waals surface area contributed by atoms with E-state index < -0.39 is 28.5 Å². The molecule has 1 atom stereocenters. The van der Waals surface area contributed by atoms with Crippen LogP contribution in [0.5, 0.6) is 0 Å². The second kappa shape index (κ2) is 13.5. The molecule has 10 heteroatoms. The molecule has 0 radical (unpaired) electrons. The highest BCUT2D eigenvalue weighted by Gasteiger charge is 2.32. The number of rotatable bonds is 11. The van der Waals surface area contributed by atoms with Crippen molar-refractivity contribution >= 4 is 50.7 Å². The predicted octanol–water partition coefficient (Wildman–Crippen LogP) is 6.17. The van der Waals surface area contributed by atoms with Gasteiger partial charge in [0.25, 0.3) is 10.0 Å². The molecule has 0 saturated carbocycles. The third-order valence-corrected chi connectivity index (χ3v) is 9.12. The maximum atomic E-state index is 13.9. The van der Waals surface area contributed by atoms with Gasteiger partial charge in [0, 0.05) is 13.1 Å². The number of nitrogens with one attached hydrogen (secondary N) is 1. The first-order valence-corrected chi connectivity index (χ1v) is 15.2. The second-order valence-corrected chi connectivity index (χ2v) is 12.6. The monoisotopic (exact) mass is 603 g/mol. The third-order valence-electron chi connectivity index (χ3n) is 6.59. The Bertz CT molecular complexity index is 1440. The first-order valence-electron chi connectivity index (χ1n) is 13.1. The van der Waals surface area contributed by atoms with Crippen molar-refractivity contribution in [2.24, 2.45) is 0 Å². The van der Waals surface area contributed by atoms with E-state index in [1.807, 2.05) is 32.9 Å². The molecule has 0 aliphatic rings. The molecular weight excluding hydrogens is 569 g/mol. The zero-order valence-electron chi connectivity index (χ0n) is 23.3. The van der Waals surface area contributed by atoms with Gasteiger partial charge in [-0.1, -0.05) is 72.9 Å². The number of likely N-dealkylation sites (N-methyl/N-ethyl adjacent to an activating group) is 1. The van der Waals surface area contributed by atoms with E-state index in [0.29, 0.717) is 27.8 Å². The van der Waals surface area contributed by atoms with Crippen LogP contribution in [0.1, 0.15) is 50.3 Å². The fourth-order valence-corrected chi connectivity index (χ4v) is 5.87. The number of carbonyl (C=O) groups excluding carboxylic acids is 2. The van der Waals surface area contributed by atoms with Crippen molar-refractivity contribution in [3.63, 3.8) is 0 Å². The Morgan fingerprint density at radius 1 is 0.900 bits per heavy atom. The SMILES string of the molecule is CCNC(=O)[C@H](C)N(Cc1ccc(Cl)c(Cl)c1)C(=O)CN(c1ccc(C(C)C)cc1)S(=O)(=O)c1ccc(C)cc1. The van der Waals surface area contributed by atoms with Crippen molar-refractivity contribution in [3.05, 3.63) is 93.5 Å². The summed E-state index contributed by atoms with van der Waals surface area (Å²) in [4.78, 5) is 28.2. The molecule has 3 aromatic rings. The van der Waals surface area contributed by atoms with Gasteiger partial charge >= 0.3 is 0 Å². The Kier molecular flexibility index (Phi) is 10.6. The second-order valence-electron chi connectivity index (χ2n) is 9.91. The lowest BCUT2D eigenvalue weighted by molar-refractivity contribution is -0.139. The zero-order chi connectivity index (χ0) is 29.6. The van der Waals surface area contributed by atoms with Crippen LogP contribution in [0, 0.1) is 6.92 Å². The van der Waals surface area contributed by atoms with E-state index in [1.54, 1.807) is 56.3 Å². The first kappa shape index (κ1) is 31.5. The molecule has 40 heavy (non-hydrogen) atoms. The summed E-state index contributed by atoms with van der Waals surface area (Å²) in [6, 6.07) is 17.6. The number of sulfonamides is 1. The summed E-state index contributed by atoms with van der Waals surface area (Å²) in [5, 5.41) is 3.41. The number of amides is 2. The van der Waals surface area contributed by atoms with Gasteiger partial charge < -0.3 is 10.2 Å². The van der Waals surface area contributed by atoms with Gasteiger partial charge in [-0.05, 0) is 74.2 Å². The zero-order valence-corrected chi connectivity index (χ0v) is 25.6. The van der Waals surface area contributed by atoms with Crippen molar-refractivity contribution in [2.75, 3.05) is 17.4 Å². The minimum atomic E-state index is -4.13. The maximum Gasteiger partial charge on any atom is 0.264 e. The van der Waals surface area contributed by atoms with E-state index in [-0.39, 0.29) is 23.3 Å². The van der Waals surface area contributed by atoms with Crippen molar-refractivity contribution in [2.45, 2.75) is 58.0 Å². The van der Waals surface area contributed by atoms with E-state index in [4.69, 9.17) is 23.2 Å². The molecule has 0 aliphatic carbocycles. The largest absolute Gasteiger partial charge is 0.355 e. The van der Waals surface area contributed by atoms with Crippen LogP contribution < -0.4 is 9.62 Å². The highest BCUT2D eigenvalue weighted by Crippen LogP contribution is 2.28. The Morgan fingerprint density at radius 2 is 1.52 bits per heavy atom. The normalized spacial score (nSPS) is 12.2. The molecule has 0 aromatic heterocycles. The van der Waals surface area contributed by atoms with Crippen LogP contribution in [-0.2, 0) is 26.2 Å². The van der Waals surface area contributed by atoms with E-state index >= 15 is 0 Å². The van der Waals surface area contributed by atoms with E-state index in [9.17, 15) is 18.0 Å². The van der Waals surface area contributed by atoms with Gasteiger partial charge in [-0.25, -0.2) is 8.42 Å². The fraction of sp³-hybridized carbons (Fsp3) is 0.333. The minimum absolute atomic E-state index is 0.0265. The van der Waals surface area contributed by atoms with Crippen LogP contribution >= 0.6 is 23.2 Å². The molecule has 2 amide bonds. The molecule has 214 valence electrons. The van der Waals surface area contributed by atoms with Crippen LogP contribution in [-0.4, -0.2) is 44.3 Å². The minimum Gasteiger partial charge on any atom is -0.355 e. The standard InChI is InChI=1S/C30H35Cl2N3O4S/c1-6-33-30(37)22(5)34(18-23-9-16-27(31)28(32)17-23)29(36)19-35(25-12-10-24(11-13-25)20(2)3)40(38,39)26-14-7-21(4)8-15-26/h7-17,20,22H,6,18-19H2,1-5H3,(H,33,37)/t22-/m0/s1. The summed E-state index contributed by atoms with van der Waals surface area (Å²) in [5.41, 5.74) is 2.94. The topological polar surface area (TPSA) is 86.8 Å². The number of nitrogens with zero attached hydrogens (tertiary/aromatic N) is 2. The Labute approximate surface area is 247 Å². The molecular formula is C30H35Cl2N3O4S. The Balaban J connectivity index is 2.05. The lowest BCUT2D eigenvalue weighted by Crippen LogP contribution is -2.51. The summed E-state index contributed by atoms with van der Waals surface area (Å²) in [6.45, 7) is 9.25. The average Bonchev–Trinajstić information content (AvgIpc) is 2.92. The first-order chi connectivity index (χ1) is 18.8. The van der Waals surface area contributed by atoms with Gasteiger partial charge in [-0.2, -0.15) is 0 Å². The molecule has 3 aromatic carbocycles. The van der Waals surface area contributed by atoms with Crippen molar-refractivity contribution in [3.8, 4) is 0 Å². The lowest BCUT2D eigenvalue weighted by atomic mass is 10.0. The molecule has 0 saturated heterocycles. The summed E-state index contributed by atoms with van der Waals surface area (Å²) in [7, 11) is -4.13. The van der Waals surface area contributed by atoms with Crippen LogP contribution in [0.2, 0.25) is 10.0 Å². The van der Waals surface area contributed by atoms with Gasteiger partial charge in [-0.3, -0.25) is 13.9 Å². The quantitative estimate of drug-likeness (QED) is 0.284. The van der Waals surface area contributed by atoms with Gasteiger partial charge in [0.2, 0.25) is 11.8 Å². The smallest absolute Gasteiger partial charge is 0.264 e. The number of hydrogen-bond donors (Lipinski definition) is 1. The van der Waals surface area contributed by atoms with Crippen molar-refractivity contribution in [1.29, 1.82) is 0 Å². The predicted molar refractivity (Wildman–Crippen MR) is 161 cm³/mol. The van der Waals surface area contributed by atoms with E-state index in [0.717, 1.165) is 15.4 Å². The summed E-state index contributed by atoms with van der Waals surface area (Å²) in [5.74, 6) is -0.656. The average molecular weight is 605 g/mol. The molecule has 0 heterocycles.